The zero-order chi connectivity index (χ0) is 26.0. The molecule has 1 amide bonds. The van der Waals surface area contributed by atoms with Gasteiger partial charge in [-0.25, -0.2) is 19.5 Å². The fourth-order valence-electron chi connectivity index (χ4n) is 3.31. The maximum absolute atomic E-state index is 13.0. The van der Waals surface area contributed by atoms with Crippen molar-refractivity contribution in [2.24, 2.45) is 0 Å². The molecule has 0 radical (unpaired) electrons. The lowest BCUT2D eigenvalue weighted by atomic mass is 10.1. The number of hydrogen-bond acceptors (Lipinski definition) is 7. The summed E-state index contributed by atoms with van der Waals surface area (Å²) in [5, 5.41) is 10.0. The average Bonchev–Trinajstić information content (AvgIpc) is 3.25. The van der Waals surface area contributed by atoms with Gasteiger partial charge in [-0.05, 0) is 54.1 Å². The van der Waals surface area contributed by atoms with Crippen LogP contribution in [0.5, 0.6) is 11.6 Å². The lowest BCUT2D eigenvalue weighted by Crippen LogP contribution is -2.13. The predicted molar refractivity (Wildman–Crippen MR) is 129 cm³/mol. The van der Waals surface area contributed by atoms with Gasteiger partial charge >= 0.3 is 6.18 Å². The van der Waals surface area contributed by atoms with Crippen molar-refractivity contribution in [3.63, 3.8) is 0 Å². The molecule has 0 spiro atoms. The Balaban J connectivity index is 1.29. The summed E-state index contributed by atoms with van der Waals surface area (Å²) < 4.78 is 46.2. The standard InChI is InChI=1S/C24H15ClF3N7O2/c25-23-29-10-9-18(33-23)31-19-13-35-20(32-19)7-8-21(34-35)37-17-6-2-5-16(12-17)30-22(36)14-3-1-4-15(11-14)24(26,27)28/h1-13H,(H,30,36)(H,29,31,33). The summed E-state index contributed by atoms with van der Waals surface area (Å²) in [6, 6.07) is 15.5. The summed E-state index contributed by atoms with van der Waals surface area (Å²) in [6.45, 7) is 0. The molecule has 3 aromatic heterocycles. The van der Waals surface area contributed by atoms with Gasteiger partial charge in [0.05, 0.1) is 11.8 Å². The van der Waals surface area contributed by atoms with Crippen LogP contribution in [0, 0.1) is 0 Å². The highest BCUT2D eigenvalue weighted by atomic mass is 35.5. The maximum atomic E-state index is 13.0. The quantitative estimate of drug-likeness (QED) is 0.263. The highest BCUT2D eigenvalue weighted by molar-refractivity contribution is 6.28. The van der Waals surface area contributed by atoms with Crippen LogP contribution in [-0.2, 0) is 6.18 Å². The summed E-state index contributed by atoms with van der Waals surface area (Å²) in [5.74, 6) is 0.833. The second kappa shape index (κ2) is 9.74. The van der Waals surface area contributed by atoms with E-state index in [1.807, 2.05) is 0 Å². The van der Waals surface area contributed by atoms with Gasteiger partial charge in [0.25, 0.3) is 5.91 Å². The van der Waals surface area contributed by atoms with E-state index in [-0.39, 0.29) is 16.7 Å². The van der Waals surface area contributed by atoms with Crippen molar-refractivity contribution in [1.29, 1.82) is 0 Å². The molecule has 2 aromatic carbocycles. The lowest BCUT2D eigenvalue weighted by molar-refractivity contribution is -0.137. The molecule has 2 N–H and O–H groups in total. The molecule has 37 heavy (non-hydrogen) atoms. The molecule has 5 aromatic rings. The molecule has 0 aliphatic rings. The minimum absolute atomic E-state index is 0.0934. The van der Waals surface area contributed by atoms with Crippen molar-refractivity contribution in [3.05, 3.63) is 95.5 Å². The monoisotopic (exact) mass is 525 g/mol. The van der Waals surface area contributed by atoms with Gasteiger partial charge in [-0.15, -0.1) is 5.10 Å². The highest BCUT2D eigenvalue weighted by Crippen LogP contribution is 2.30. The Bertz CT molecular complexity index is 1610. The summed E-state index contributed by atoms with van der Waals surface area (Å²) in [6.07, 6.45) is -1.41. The Kier molecular flexibility index (Phi) is 6.32. The number of anilines is 3. The van der Waals surface area contributed by atoms with E-state index in [4.69, 9.17) is 16.3 Å². The number of imidazole rings is 1. The second-order valence-corrected chi connectivity index (χ2v) is 7.94. The van der Waals surface area contributed by atoms with Crippen LogP contribution < -0.4 is 15.4 Å². The third-order valence-corrected chi connectivity index (χ3v) is 5.13. The Labute approximate surface area is 211 Å². The topological polar surface area (TPSA) is 106 Å². The van der Waals surface area contributed by atoms with Gasteiger partial charge in [0.2, 0.25) is 11.2 Å². The van der Waals surface area contributed by atoms with Gasteiger partial charge in [-0.1, -0.05) is 12.1 Å². The number of alkyl halides is 3. The van der Waals surface area contributed by atoms with Crippen LogP contribution in [0.1, 0.15) is 15.9 Å². The smallest absolute Gasteiger partial charge is 0.416 e. The van der Waals surface area contributed by atoms with E-state index in [1.54, 1.807) is 42.6 Å². The zero-order valence-electron chi connectivity index (χ0n) is 18.6. The number of carbonyl (C=O) groups excluding carboxylic acids is 1. The van der Waals surface area contributed by atoms with E-state index in [2.05, 4.69) is 30.7 Å². The van der Waals surface area contributed by atoms with E-state index >= 15 is 0 Å². The molecule has 0 saturated carbocycles. The molecule has 13 heteroatoms. The number of benzene rings is 2. The van der Waals surface area contributed by atoms with Crippen LogP contribution in [0.2, 0.25) is 5.28 Å². The van der Waals surface area contributed by atoms with Gasteiger partial charge in [0, 0.05) is 29.6 Å². The molecule has 0 saturated heterocycles. The Morgan fingerprint density at radius 2 is 1.81 bits per heavy atom. The van der Waals surface area contributed by atoms with Crippen molar-refractivity contribution in [3.8, 4) is 11.6 Å². The summed E-state index contributed by atoms with van der Waals surface area (Å²) in [5.41, 5.74) is -0.157. The summed E-state index contributed by atoms with van der Waals surface area (Å²) in [7, 11) is 0. The number of fused-ring (bicyclic) bond motifs is 1. The number of nitrogens with zero attached hydrogens (tertiary/aromatic N) is 5. The van der Waals surface area contributed by atoms with Gasteiger partial charge in [-0.2, -0.15) is 13.2 Å². The Hall–Kier alpha value is -4.71. The van der Waals surface area contributed by atoms with Crippen LogP contribution in [0.25, 0.3) is 5.65 Å². The van der Waals surface area contributed by atoms with E-state index in [1.165, 1.54) is 28.9 Å². The van der Waals surface area contributed by atoms with Crippen LogP contribution in [-0.4, -0.2) is 30.5 Å². The molecule has 186 valence electrons. The number of amides is 1. The number of halogens is 4. The highest BCUT2D eigenvalue weighted by Gasteiger charge is 2.30. The predicted octanol–water partition coefficient (Wildman–Crippen LogP) is 5.98. The van der Waals surface area contributed by atoms with E-state index in [0.29, 0.717) is 28.7 Å². The van der Waals surface area contributed by atoms with Gasteiger partial charge in [-0.3, -0.25) is 4.79 Å². The molecule has 3 heterocycles. The van der Waals surface area contributed by atoms with Crippen molar-refractivity contribution < 1.29 is 22.7 Å². The van der Waals surface area contributed by atoms with Crippen molar-refractivity contribution >= 4 is 40.5 Å². The normalized spacial score (nSPS) is 11.4. The van der Waals surface area contributed by atoms with E-state index in [0.717, 1.165) is 12.1 Å². The molecular weight excluding hydrogens is 511 g/mol. The molecular formula is C24H15ClF3N7O2. The van der Waals surface area contributed by atoms with Crippen LogP contribution in [0.15, 0.2) is 79.1 Å². The molecule has 9 nitrogen and oxygen atoms in total. The number of nitrogens with one attached hydrogen (secondary N) is 2. The molecule has 0 unspecified atom stereocenters. The first-order valence-corrected chi connectivity index (χ1v) is 11.0. The van der Waals surface area contributed by atoms with Gasteiger partial charge in [0.15, 0.2) is 11.5 Å². The summed E-state index contributed by atoms with van der Waals surface area (Å²) in [4.78, 5) is 24.8. The van der Waals surface area contributed by atoms with Crippen molar-refractivity contribution in [2.45, 2.75) is 6.18 Å². The Morgan fingerprint density at radius 3 is 2.62 bits per heavy atom. The molecule has 5 rings (SSSR count). The number of rotatable bonds is 6. The third kappa shape index (κ3) is 5.76. The van der Waals surface area contributed by atoms with Crippen LogP contribution in [0.3, 0.4) is 0 Å². The molecule has 0 aliphatic heterocycles. The first-order chi connectivity index (χ1) is 17.7. The average molecular weight is 526 g/mol. The second-order valence-electron chi connectivity index (χ2n) is 7.60. The van der Waals surface area contributed by atoms with Gasteiger partial charge < -0.3 is 15.4 Å². The minimum atomic E-state index is -4.55. The van der Waals surface area contributed by atoms with Gasteiger partial charge in [0.1, 0.15) is 11.6 Å². The fraction of sp³-hybridized carbons (Fsp3) is 0.0417. The third-order valence-electron chi connectivity index (χ3n) is 4.94. The Morgan fingerprint density at radius 1 is 0.973 bits per heavy atom. The number of ether oxygens (including phenoxy) is 1. The molecule has 0 aliphatic carbocycles. The minimum Gasteiger partial charge on any atom is -0.438 e. The summed E-state index contributed by atoms with van der Waals surface area (Å²) >= 11 is 5.80. The van der Waals surface area contributed by atoms with Crippen molar-refractivity contribution in [1.82, 2.24) is 24.6 Å². The largest absolute Gasteiger partial charge is 0.438 e. The molecule has 0 fully saturated rings. The number of hydrogen-bond donors (Lipinski definition) is 2. The van der Waals surface area contributed by atoms with Crippen LogP contribution >= 0.6 is 11.6 Å². The van der Waals surface area contributed by atoms with Crippen LogP contribution in [0.4, 0.5) is 30.5 Å². The van der Waals surface area contributed by atoms with Crippen molar-refractivity contribution in [2.75, 3.05) is 10.6 Å². The first-order valence-electron chi connectivity index (χ1n) is 10.6. The molecule has 0 bridgehead atoms. The first kappa shape index (κ1) is 24.0. The maximum Gasteiger partial charge on any atom is 0.416 e. The fourth-order valence-corrected chi connectivity index (χ4v) is 3.46. The number of aromatic nitrogens is 5. The van der Waals surface area contributed by atoms with E-state index < -0.39 is 17.6 Å². The van der Waals surface area contributed by atoms with E-state index in [9.17, 15) is 18.0 Å². The zero-order valence-corrected chi connectivity index (χ0v) is 19.3. The molecule has 0 atom stereocenters. The number of carbonyl (C=O) groups is 1. The SMILES string of the molecule is O=C(Nc1cccc(Oc2ccc3nc(Nc4ccnc(Cl)n4)cn3n2)c1)c1cccc(C(F)(F)F)c1. The lowest BCUT2D eigenvalue weighted by Gasteiger charge is -2.10.